The van der Waals surface area contributed by atoms with Crippen LogP contribution in [0.25, 0.3) is 11.0 Å². The van der Waals surface area contributed by atoms with Gasteiger partial charge in [-0.05, 0) is 36.2 Å². The summed E-state index contributed by atoms with van der Waals surface area (Å²) in [6, 6.07) is 23.5. The summed E-state index contributed by atoms with van der Waals surface area (Å²) in [5.41, 5.74) is 8.07. The van der Waals surface area contributed by atoms with Crippen molar-refractivity contribution in [2.24, 2.45) is 5.10 Å². The van der Waals surface area contributed by atoms with Crippen LogP contribution in [0, 0.1) is 6.92 Å². The third-order valence-corrected chi connectivity index (χ3v) is 4.46. The Labute approximate surface area is 163 Å². The number of imidazole rings is 1. The Morgan fingerprint density at radius 2 is 1.86 bits per heavy atom. The smallest absolute Gasteiger partial charge is 0.271 e. The van der Waals surface area contributed by atoms with Gasteiger partial charge in [0, 0.05) is 12.0 Å². The van der Waals surface area contributed by atoms with Crippen molar-refractivity contribution in [3.05, 3.63) is 101 Å². The number of nitrogens with one attached hydrogen (secondary N) is 2. The van der Waals surface area contributed by atoms with E-state index in [0.29, 0.717) is 5.56 Å². The van der Waals surface area contributed by atoms with E-state index < -0.39 is 0 Å². The van der Waals surface area contributed by atoms with Crippen molar-refractivity contribution in [2.75, 3.05) is 0 Å². The molecule has 0 atom stereocenters. The predicted molar refractivity (Wildman–Crippen MR) is 112 cm³/mol. The van der Waals surface area contributed by atoms with Crippen LogP contribution in [0.4, 0.5) is 0 Å². The number of fused-ring (bicyclic) bond motifs is 1. The number of amides is 1. The molecule has 5 nitrogen and oxygen atoms in total. The molecule has 0 spiro atoms. The van der Waals surface area contributed by atoms with Gasteiger partial charge in [-0.25, -0.2) is 10.4 Å². The van der Waals surface area contributed by atoms with Gasteiger partial charge in [0.1, 0.15) is 5.82 Å². The molecule has 0 fully saturated rings. The highest BCUT2D eigenvalue weighted by atomic mass is 16.2. The maximum Gasteiger partial charge on any atom is 0.271 e. The summed E-state index contributed by atoms with van der Waals surface area (Å²) < 4.78 is 0. The van der Waals surface area contributed by atoms with Crippen LogP contribution in [0.5, 0.6) is 0 Å². The fourth-order valence-corrected chi connectivity index (χ4v) is 2.96. The Hall–Kier alpha value is -3.73. The largest absolute Gasteiger partial charge is 0.342 e. The van der Waals surface area contributed by atoms with E-state index in [2.05, 4.69) is 32.6 Å². The lowest BCUT2D eigenvalue weighted by atomic mass is 10.1. The van der Waals surface area contributed by atoms with Gasteiger partial charge in [0.25, 0.3) is 5.91 Å². The van der Waals surface area contributed by atoms with Crippen LogP contribution in [0.2, 0.25) is 0 Å². The molecule has 0 aliphatic carbocycles. The van der Waals surface area contributed by atoms with Crippen LogP contribution in [0.15, 0.2) is 77.9 Å². The Bertz CT molecular complexity index is 1130. The molecule has 0 radical (unpaired) electrons. The number of nitrogens with zero attached hydrogens (tertiary/aromatic N) is 2. The first-order valence-corrected chi connectivity index (χ1v) is 9.10. The van der Waals surface area contributed by atoms with Crippen LogP contribution in [0.3, 0.4) is 0 Å². The number of hydrogen-bond donors (Lipinski definition) is 2. The van der Waals surface area contributed by atoms with Gasteiger partial charge in [-0.15, -0.1) is 0 Å². The summed E-state index contributed by atoms with van der Waals surface area (Å²) in [5.74, 6) is 0.612. The molecule has 0 unspecified atom stereocenters. The molecule has 0 saturated heterocycles. The molecule has 1 heterocycles. The number of aromatic nitrogens is 2. The monoisotopic (exact) mass is 368 g/mol. The lowest BCUT2D eigenvalue weighted by Crippen LogP contribution is -2.17. The molecule has 138 valence electrons. The molecule has 3 aromatic carbocycles. The minimum absolute atomic E-state index is 0.260. The molecule has 1 amide bonds. The first-order chi connectivity index (χ1) is 13.7. The van der Waals surface area contributed by atoms with E-state index in [4.69, 9.17) is 0 Å². The van der Waals surface area contributed by atoms with Gasteiger partial charge in [-0.3, -0.25) is 4.79 Å². The number of aromatic amines is 1. The van der Waals surface area contributed by atoms with Gasteiger partial charge in [-0.1, -0.05) is 60.2 Å². The van der Waals surface area contributed by atoms with Crippen molar-refractivity contribution in [2.45, 2.75) is 13.3 Å². The van der Waals surface area contributed by atoms with Crippen LogP contribution in [-0.2, 0) is 6.42 Å². The van der Waals surface area contributed by atoms with Gasteiger partial charge < -0.3 is 4.98 Å². The second-order valence-corrected chi connectivity index (χ2v) is 6.69. The number of hydrogen-bond acceptors (Lipinski definition) is 3. The van der Waals surface area contributed by atoms with Crippen LogP contribution in [-0.4, -0.2) is 22.1 Å². The van der Waals surface area contributed by atoms with E-state index in [9.17, 15) is 4.79 Å². The van der Waals surface area contributed by atoms with Crippen molar-refractivity contribution in [1.82, 2.24) is 15.4 Å². The molecule has 4 aromatic rings. The first kappa shape index (κ1) is 17.7. The van der Waals surface area contributed by atoms with E-state index in [1.54, 1.807) is 18.3 Å². The summed E-state index contributed by atoms with van der Waals surface area (Å²) in [7, 11) is 0. The number of benzene rings is 3. The lowest BCUT2D eigenvalue weighted by Gasteiger charge is -2.00. The Balaban J connectivity index is 1.46. The highest BCUT2D eigenvalue weighted by Crippen LogP contribution is 2.16. The highest BCUT2D eigenvalue weighted by Gasteiger charge is 2.09. The van der Waals surface area contributed by atoms with Gasteiger partial charge in [0.05, 0.1) is 17.2 Å². The summed E-state index contributed by atoms with van der Waals surface area (Å²) in [6.07, 6.45) is 2.35. The molecule has 0 saturated carbocycles. The van der Waals surface area contributed by atoms with Crippen LogP contribution >= 0.6 is 0 Å². The normalized spacial score (nSPS) is 11.2. The zero-order valence-corrected chi connectivity index (χ0v) is 15.5. The maximum absolute atomic E-state index is 12.4. The zero-order valence-electron chi connectivity index (χ0n) is 15.5. The average Bonchev–Trinajstić information content (AvgIpc) is 3.11. The summed E-state index contributed by atoms with van der Waals surface area (Å²) in [5, 5.41) is 4.04. The number of H-pyrrole nitrogens is 1. The summed E-state index contributed by atoms with van der Waals surface area (Å²) in [6.45, 7) is 2.03. The molecule has 4 rings (SSSR count). The van der Waals surface area contributed by atoms with Crippen molar-refractivity contribution in [3.8, 4) is 0 Å². The van der Waals surface area contributed by atoms with Crippen molar-refractivity contribution < 1.29 is 4.79 Å². The number of rotatable bonds is 5. The third kappa shape index (κ3) is 4.15. The van der Waals surface area contributed by atoms with E-state index in [1.807, 2.05) is 55.5 Å². The molecule has 0 bridgehead atoms. The van der Waals surface area contributed by atoms with Crippen LogP contribution in [0.1, 0.15) is 32.9 Å². The van der Waals surface area contributed by atoms with Crippen molar-refractivity contribution >= 4 is 23.2 Å². The van der Waals surface area contributed by atoms with Gasteiger partial charge in [-0.2, -0.15) is 5.10 Å². The summed E-state index contributed by atoms with van der Waals surface area (Å²) >= 11 is 0. The molecule has 0 aliphatic heterocycles. The number of carbonyl (C=O) groups excluding carboxylic acids is 1. The quantitative estimate of drug-likeness (QED) is 0.409. The first-order valence-electron chi connectivity index (χ1n) is 9.10. The number of hydrazone groups is 1. The fourth-order valence-electron chi connectivity index (χ4n) is 2.96. The molecule has 5 heteroatoms. The number of aryl methyl sites for hydroxylation is 1. The lowest BCUT2D eigenvalue weighted by molar-refractivity contribution is 0.0955. The molecule has 0 aliphatic rings. The molecular formula is C23H20N4O. The molecule has 1 aromatic heterocycles. The Morgan fingerprint density at radius 1 is 1.07 bits per heavy atom. The van der Waals surface area contributed by atoms with E-state index in [-0.39, 0.29) is 5.91 Å². The third-order valence-electron chi connectivity index (χ3n) is 4.46. The standard InChI is InChI=1S/C23H20N4O/c1-16-7-9-18(10-8-16)15-24-27-23(28)19-11-12-20-21(14-19)26-22(25-20)13-17-5-3-2-4-6-17/h2-12,14-15H,13H2,1H3,(H,25,26)(H,27,28)/b24-15-. The molecular weight excluding hydrogens is 348 g/mol. The summed E-state index contributed by atoms with van der Waals surface area (Å²) in [4.78, 5) is 20.3. The van der Waals surface area contributed by atoms with E-state index in [1.165, 1.54) is 11.1 Å². The second kappa shape index (κ2) is 7.88. The van der Waals surface area contributed by atoms with Crippen molar-refractivity contribution in [3.63, 3.8) is 0 Å². The Morgan fingerprint density at radius 3 is 2.64 bits per heavy atom. The predicted octanol–water partition coefficient (Wildman–Crippen LogP) is 4.23. The van der Waals surface area contributed by atoms with E-state index >= 15 is 0 Å². The van der Waals surface area contributed by atoms with Crippen molar-refractivity contribution in [1.29, 1.82) is 0 Å². The molecule has 2 N–H and O–H groups in total. The van der Waals surface area contributed by atoms with Gasteiger partial charge >= 0.3 is 0 Å². The average molecular weight is 368 g/mol. The van der Waals surface area contributed by atoms with E-state index in [0.717, 1.165) is 28.8 Å². The Kier molecular flexibility index (Phi) is 4.97. The van der Waals surface area contributed by atoms with Gasteiger partial charge in [0.2, 0.25) is 0 Å². The molecule has 28 heavy (non-hydrogen) atoms. The maximum atomic E-state index is 12.4. The fraction of sp³-hybridized carbons (Fsp3) is 0.0870. The SMILES string of the molecule is Cc1ccc(/C=N\NC(=O)c2ccc3nc(Cc4ccccc4)[nH]c3c2)cc1. The second-order valence-electron chi connectivity index (χ2n) is 6.69. The van der Waals surface area contributed by atoms with Crippen LogP contribution < -0.4 is 5.43 Å². The zero-order chi connectivity index (χ0) is 19.3. The van der Waals surface area contributed by atoms with Gasteiger partial charge in [0.15, 0.2) is 0 Å². The topological polar surface area (TPSA) is 70.1 Å². The minimum Gasteiger partial charge on any atom is -0.342 e. The minimum atomic E-state index is -0.260. The number of carbonyl (C=O) groups is 1. The highest BCUT2D eigenvalue weighted by molar-refractivity contribution is 5.97.